The number of aryl methyl sites for hydroxylation is 1. The molecule has 0 aliphatic rings. The van der Waals surface area contributed by atoms with Crippen molar-refractivity contribution in [3.63, 3.8) is 0 Å². The summed E-state index contributed by atoms with van der Waals surface area (Å²) in [6.07, 6.45) is 0.279. The van der Waals surface area contributed by atoms with E-state index in [0.29, 0.717) is 16.7 Å². The number of carbonyl (C=O) groups excluding carboxylic acids is 1. The van der Waals surface area contributed by atoms with E-state index in [-0.39, 0.29) is 12.8 Å². The second-order valence-electron chi connectivity index (χ2n) is 5.50. The summed E-state index contributed by atoms with van der Waals surface area (Å²) in [5.74, 6) is -0.793. The van der Waals surface area contributed by atoms with Gasteiger partial charge >= 0.3 is 5.97 Å². The molecule has 23 heavy (non-hydrogen) atoms. The van der Waals surface area contributed by atoms with Gasteiger partial charge in [-0.05, 0) is 38.1 Å². The molecule has 8 heteroatoms. The zero-order valence-electron chi connectivity index (χ0n) is 12.7. The fourth-order valence-electron chi connectivity index (χ4n) is 1.76. The molecule has 1 heterocycles. The number of amides is 1. The van der Waals surface area contributed by atoms with Gasteiger partial charge in [-0.15, -0.1) is 0 Å². The minimum atomic E-state index is -1.32. The molecule has 0 saturated heterocycles. The van der Waals surface area contributed by atoms with Crippen molar-refractivity contribution in [2.75, 3.05) is 0 Å². The van der Waals surface area contributed by atoms with Crippen molar-refractivity contribution in [3.8, 4) is 11.4 Å². The van der Waals surface area contributed by atoms with Gasteiger partial charge in [-0.1, -0.05) is 16.8 Å². The Kier molecular flexibility index (Phi) is 5.00. The third-order valence-electron chi connectivity index (χ3n) is 3.12. The molecular weight excluding hydrogens is 322 g/mol. The van der Waals surface area contributed by atoms with Crippen LogP contribution in [0.25, 0.3) is 11.4 Å². The van der Waals surface area contributed by atoms with Gasteiger partial charge in [-0.25, -0.2) is 4.79 Å². The van der Waals surface area contributed by atoms with E-state index < -0.39 is 17.4 Å². The summed E-state index contributed by atoms with van der Waals surface area (Å²) in [6, 6.07) is 6.96. The van der Waals surface area contributed by atoms with Gasteiger partial charge in [0.05, 0.1) is 0 Å². The number of benzene rings is 1. The first-order valence-corrected chi connectivity index (χ1v) is 7.28. The predicted molar refractivity (Wildman–Crippen MR) is 82.9 cm³/mol. The number of rotatable bonds is 6. The highest BCUT2D eigenvalue weighted by molar-refractivity contribution is 6.30. The van der Waals surface area contributed by atoms with Crippen LogP contribution in [0.4, 0.5) is 0 Å². The second-order valence-corrected chi connectivity index (χ2v) is 5.93. The van der Waals surface area contributed by atoms with E-state index in [1.165, 1.54) is 13.8 Å². The van der Waals surface area contributed by atoms with E-state index >= 15 is 0 Å². The van der Waals surface area contributed by atoms with E-state index in [9.17, 15) is 9.59 Å². The predicted octanol–water partition coefficient (Wildman–Crippen LogP) is 2.30. The molecule has 7 nitrogen and oxygen atoms in total. The number of carboxylic acid groups (broad SMARTS) is 1. The highest BCUT2D eigenvalue weighted by atomic mass is 35.5. The van der Waals surface area contributed by atoms with E-state index in [1.807, 2.05) is 0 Å². The van der Waals surface area contributed by atoms with Crippen LogP contribution < -0.4 is 5.32 Å². The lowest BCUT2D eigenvalue weighted by Gasteiger charge is -2.20. The molecule has 1 aromatic carbocycles. The molecule has 0 saturated carbocycles. The van der Waals surface area contributed by atoms with Crippen LogP contribution in [0.5, 0.6) is 0 Å². The lowest BCUT2D eigenvalue weighted by atomic mass is 10.1. The average molecular weight is 338 g/mol. The van der Waals surface area contributed by atoms with Gasteiger partial charge < -0.3 is 14.9 Å². The number of aromatic nitrogens is 2. The Morgan fingerprint density at radius 3 is 2.57 bits per heavy atom. The number of hydrogen-bond donors (Lipinski definition) is 2. The number of carbonyl (C=O) groups is 2. The maximum Gasteiger partial charge on any atom is 0.328 e. The number of nitrogens with zero attached hydrogens (tertiary/aromatic N) is 2. The molecule has 0 aliphatic carbocycles. The third-order valence-corrected chi connectivity index (χ3v) is 3.37. The summed E-state index contributed by atoms with van der Waals surface area (Å²) >= 11 is 5.81. The summed E-state index contributed by atoms with van der Waals surface area (Å²) < 4.78 is 5.09. The summed E-state index contributed by atoms with van der Waals surface area (Å²) in [6.45, 7) is 2.83. The fourth-order valence-corrected chi connectivity index (χ4v) is 1.88. The zero-order chi connectivity index (χ0) is 17.0. The van der Waals surface area contributed by atoms with Gasteiger partial charge in [0.25, 0.3) is 0 Å². The lowest BCUT2D eigenvalue weighted by Crippen LogP contribution is -2.49. The van der Waals surface area contributed by atoms with Crippen LogP contribution in [0.3, 0.4) is 0 Å². The fraction of sp³-hybridized carbons (Fsp3) is 0.333. The average Bonchev–Trinajstić information content (AvgIpc) is 2.94. The molecule has 0 radical (unpaired) electrons. The van der Waals surface area contributed by atoms with Crippen molar-refractivity contribution in [3.05, 3.63) is 35.2 Å². The quantitative estimate of drug-likeness (QED) is 0.837. The molecule has 0 spiro atoms. The molecule has 0 aliphatic heterocycles. The first-order chi connectivity index (χ1) is 10.8. The zero-order valence-corrected chi connectivity index (χ0v) is 13.4. The minimum absolute atomic E-state index is 0.0545. The summed E-state index contributed by atoms with van der Waals surface area (Å²) in [7, 11) is 0. The van der Waals surface area contributed by atoms with Gasteiger partial charge in [-0.2, -0.15) is 4.98 Å². The van der Waals surface area contributed by atoms with Crippen molar-refractivity contribution in [2.45, 2.75) is 32.2 Å². The Hall–Kier alpha value is -2.41. The van der Waals surface area contributed by atoms with Gasteiger partial charge in [0.2, 0.25) is 17.6 Å². The van der Waals surface area contributed by atoms with Gasteiger partial charge in [-0.3, -0.25) is 4.79 Å². The van der Waals surface area contributed by atoms with Crippen molar-refractivity contribution < 1.29 is 19.2 Å². The van der Waals surface area contributed by atoms with Gasteiger partial charge in [0.15, 0.2) is 0 Å². The van der Waals surface area contributed by atoms with Crippen molar-refractivity contribution in [1.29, 1.82) is 0 Å². The smallest absolute Gasteiger partial charge is 0.328 e. The highest BCUT2D eigenvalue weighted by Crippen LogP contribution is 2.19. The van der Waals surface area contributed by atoms with E-state index in [2.05, 4.69) is 15.5 Å². The van der Waals surface area contributed by atoms with E-state index in [0.717, 1.165) is 5.56 Å². The molecule has 0 atom stereocenters. The number of carboxylic acids is 1. The minimum Gasteiger partial charge on any atom is -0.480 e. The Morgan fingerprint density at radius 1 is 1.30 bits per heavy atom. The Morgan fingerprint density at radius 2 is 1.96 bits per heavy atom. The van der Waals surface area contributed by atoms with Crippen molar-refractivity contribution in [2.24, 2.45) is 0 Å². The molecule has 0 unspecified atom stereocenters. The first-order valence-electron chi connectivity index (χ1n) is 6.91. The lowest BCUT2D eigenvalue weighted by molar-refractivity contribution is -0.146. The Balaban J connectivity index is 1.93. The largest absolute Gasteiger partial charge is 0.480 e. The molecule has 122 valence electrons. The van der Waals surface area contributed by atoms with E-state index in [4.69, 9.17) is 21.2 Å². The number of halogens is 1. The molecule has 0 bridgehead atoms. The normalized spacial score (nSPS) is 11.3. The van der Waals surface area contributed by atoms with Crippen LogP contribution in [0, 0.1) is 0 Å². The maximum atomic E-state index is 11.8. The Labute approximate surface area is 137 Å². The molecule has 2 aromatic rings. The molecule has 1 aromatic heterocycles. The first kappa shape index (κ1) is 17.0. The molecule has 1 amide bonds. The van der Waals surface area contributed by atoms with E-state index in [1.54, 1.807) is 24.3 Å². The maximum absolute atomic E-state index is 11.8. The summed E-state index contributed by atoms with van der Waals surface area (Å²) in [5, 5.41) is 15.8. The summed E-state index contributed by atoms with van der Waals surface area (Å²) in [4.78, 5) is 26.9. The molecule has 2 N–H and O–H groups in total. The van der Waals surface area contributed by atoms with Crippen LogP contribution in [0.1, 0.15) is 26.2 Å². The molecular formula is C15H16ClN3O4. The monoisotopic (exact) mass is 337 g/mol. The number of nitrogens with one attached hydrogen (secondary N) is 1. The second kappa shape index (κ2) is 6.78. The van der Waals surface area contributed by atoms with Crippen LogP contribution >= 0.6 is 11.6 Å². The Bertz CT molecular complexity index is 710. The van der Waals surface area contributed by atoms with Crippen LogP contribution in [0.2, 0.25) is 5.02 Å². The van der Waals surface area contributed by atoms with Gasteiger partial charge in [0, 0.05) is 23.4 Å². The standard InChI is InChI=1S/C15H16ClN3O4/c1-15(2,14(21)22)18-11(20)7-8-12-17-13(19-23-12)9-3-5-10(16)6-4-9/h3-6H,7-8H2,1-2H3,(H,18,20)(H,21,22). The SMILES string of the molecule is CC(C)(NC(=O)CCc1nc(-c2ccc(Cl)cc2)no1)C(=O)O. The molecule has 0 fully saturated rings. The number of aliphatic carboxylic acids is 1. The third kappa shape index (κ3) is 4.53. The van der Waals surface area contributed by atoms with Crippen LogP contribution in [0.15, 0.2) is 28.8 Å². The topological polar surface area (TPSA) is 105 Å². The van der Waals surface area contributed by atoms with Gasteiger partial charge in [0.1, 0.15) is 5.54 Å². The van der Waals surface area contributed by atoms with Crippen LogP contribution in [-0.2, 0) is 16.0 Å². The summed E-state index contributed by atoms with van der Waals surface area (Å²) in [5.41, 5.74) is -0.568. The van der Waals surface area contributed by atoms with Crippen molar-refractivity contribution >= 4 is 23.5 Å². The van der Waals surface area contributed by atoms with Crippen LogP contribution in [-0.4, -0.2) is 32.7 Å². The van der Waals surface area contributed by atoms with Crippen molar-refractivity contribution in [1.82, 2.24) is 15.5 Å². The highest BCUT2D eigenvalue weighted by Gasteiger charge is 2.28. The number of hydrogen-bond acceptors (Lipinski definition) is 5. The molecule has 2 rings (SSSR count).